The summed E-state index contributed by atoms with van der Waals surface area (Å²) in [5.74, 6) is -0.708. The summed E-state index contributed by atoms with van der Waals surface area (Å²) in [6.45, 7) is 8.20. The lowest BCUT2D eigenvalue weighted by molar-refractivity contribution is 0.627. The van der Waals surface area contributed by atoms with Crippen molar-refractivity contribution in [1.29, 1.82) is 0 Å². The second-order valence-electron chi connectivity index (χ2n) is 1.93. The Labute approximate surface area is 58.1 Å². The fraction of sp³-hybridized carbons (Fsp3) is 0.143. The van der Waals surface area contributed by atoms with Crippen LogP contribution in [0.5, 0.6) is 0 Å². The van der Waals surface area contributed by atoms with Gasteiger partial charge in [-0.1, -0.05) is 6.57 Å². The molecule has 0 atom stereocenters. The van der Waals surface area contributed by atoms with Gasteiger partial charge in [0, 0.05) is 0 Å². The van der Waals surface area contributed by atoms with E-state index in [1.54, 1.807) is 6.92 Å². The molecule has 0 saturated carbocycles. The van der Waals surface area contributed by atoms with Crippen molar-refractivity contribution in [2.75, 3.05) is 0 Å². The normalized spacial score (nSPS) is 8.90. The SMILES string of the molecule is [C-]#[N+]c1ncc(C)cc1F. The largest absolute Gasteiger partial charge is 0.358 e. The van der Waals surface area contributed by atoms with E-state index in [9.17, 15) is 4.39 Å². The number of hydrogen-bond donors (Lipinski definition) is 0. The highest BCUT2D eigenvalue weighted by molar-refractivity contribution is 5.37. The van der Waals surface area contributed by atoms with Crippen LogP contribution in [0.2, 0.25) is 0 Å². The molecule has 0 aromatic carbocycles. The zero-order valence-electron chi connectivity index (χ0n) is 5.43. The molecular weight excluding hydrogens is 131 g/mol. The van der Waals surface area contributed by atoms with E-state index in [-0.39, 0.29) is 5.82 Å². The molecule has 1 aromatic heterocycles. The Morgan fingerprint density at radius 3 is 2.90 bits per heavy atom. The summed E-state index contributed by atoms with van der Waals surface area (Å²) in [6, 6.07) is 1.29. The van der Waals surface area contributed by atoms with Crippen molar-refractivity contribution in [3.8, 4) is 0 Å². The van der Waals surface area contributed by atoms with Gasteiger partial charge in [0.1, 0.15) is 12.0 Å². The molecule has 0 fully saturated rings. The van der Waals surface area contributed by atoms with Crippen molar-refractivity contribution in [2.24, 2.45) is 0 Å². The van der Waals surface area contributed by atoms with Gasteiger partial charge in [0.05, 0.1) is 0 Å². The first-order valence-corrected chi connectivity index (χ1v) is 2.73. The summed E-state index contributed by atoms with van der Waals surface area (Å²) >= 11 is 0. The smallest absolute Gasteiger partial charge is 0.305 e. The van der Waals surface area contributed by atoms with Gasteiger partial charge in [0.15, 0.2) is 0 Å². The minimum atomic E-state index is -0.546. The second kappa shape index (κ2) is 2.44. The number of aromatic nitrogens is 1. The van der Waals surface area contributed by atoms with Crippen LogP contribution in [0.4, 0.5) is 10.2 Å². The van der Waals surface area contributed by atoms with Crippen LogP contribution in [0.1, 0.15) is 5.56 Å². The van der Waals surface area contributed by atoms with E-state index in [0.717, 1.165) is 5.56 Å². The van der Waals surface area contributed by atoms with Gasteiger partial charge in [0.2, 0.25) is 0 Å². The third-order valence-electron chi connectivity index (χ3n) is 1.06. The van der Waals surface area contributed by atoms with Gasteiger partial charge in [-0.3, -0.25) is 0 Å². The predicted molar refractivity (Wildman–Crippen MR) is 35.2 cm³/mol. The maximum Gasteiger partial charge on any atom is 0.305 e. The zero-order chi connectivity index (χ0) is 7.56. The summed E-state index contributed by atoms with van der Waals surface area (Å²) in [6.07, 6.45) is 1.47. The van der Waals surface area contributed by atoms with E-state index in [4.69, 9.17) is 6.57 Å². The van der Waals surface area contributed by atoms with Crippen LogP contribution in [0, 0.1) is 19.3 Å². The minimum Gasteiger partial charge on any atom is -0.358 e. The molecule has 1 heterocycles. The van der Waals surface area contributed by atoms with Crippen LogP contribution in [0.15, 0.2) is 12.3 Å². The molecule has 1 aromatic rings. The molecule has 0 spiro atoms. The standard InChI is InChI=1S/C7H5FN2/c1-5-3-6(8)7(9-2)10-4-5/h3-4H,1H3. The molecule has 0 aliphatic heterocycles. The Morgan fingerprint density at radius 2 is 2.40 bits per heavy atom. The topological polar surface area (TPSA) is 17.2 Å². The minimum absolute atomic E-state index is 0.161. The average Bonchev–Trinajstić information content (AvgIpc) is 1.88. The maximum atomic E-state index is 12.6. The van der Waals surface area contributed by atoms with Crippen LogP contribution in [0.3, 0.4) is 0 Å². The van der Waals surface area contributed by atoms with Crippen molar-refractivity contribution >= 4 is 5.82 Å². The molecule has 50 valence electrons. The highest BCUT2D eigenvalue weighted by Crippen LogP contribution is 2.13. The van der Waals surface area contributed by atoms with Gasteiger partial charge in [-0.05, 0) is 18.6 Å². The quantitative estimate of drug-likeness (QED) is 0.499. The second-order valence-corrected chi connectivity index (χ2v) is 1.93. The predicted octanol–water partition coefficient (Wildman–Crippen LogP) is 2.08. The fourth-order valence-corrected chi connectivity index (χ4v) is 0.609. The van der Waals surface area contributed by atoms with E-state index in [1.165, 1.54) is 12.3 Å². The van der Waals surface area contributed by atoms with Crippen LogP contribution in [0.25, 0.3) is 4.85 Å². The highest BCUT2D eigenvalue weighted by atomic mass is 19.1. The molecule has 0 unspecified atom stereocenters. The first kappa shape index (κ1) is 6.69. The van der Waals surface area contributed by atoms with Gasteiger partial charge in [0.25, 0.3) is 0 Å². The van der Waals surface area contributed by atoms with Gasteiger partial charge in [-0.2, -0.15) is 0 Å². The molecule has 0 aliphatic rings. The third-order valence-corrected chi connectivity index (χ3v) is 1.06. The van der Waals surface area contributed by atoms with Crippen LogP contribution in [-0.4, -0.2) is 4.98 Å². The Balaban J connectivity index is 3.23. The molecule has 0 aliphatic carbocycles. The molecular formula is C7H5FN2. The highest BCUT2D eigenvalue weighted by Gasteiger charge is 2.01. The molecule has 0 bridgehead atoms. The van der Waals surface area contributed by atoms with Crippen molar-refractivity contribution in [1.82, 2.24) is 4.98 Å². The van der Waals surface area contributed by atoms with Gasteiger partial charge < -0.3 is 4.85 Å². The maximum absolute atomic E-state index is 12.6. The lowest BCUT2D eigenvalue weighted by Gasteiger charge is -1.90. The van der Waals surface area contributed by atoms with Crippen molar-refractivity contribution < 1.29 is 4.39 Å². The van der Waals surface area contributed by atoms with E-state index >= 15 is 0 Å². The van der Waals surface area contributed by atoms with Crippen LogP contribution < -0.4 is 0 Å². The van der Waals surface area contributed by atoms with Gasteiger partial charge >= 0.3 is 5.82 Å². The Hall–Kier alpha value is -1.43. The Kier molecular flexibility index (Phi) is 1.63. The lowest BCUT2D eigenvalue weighted by atomic mass is 10.3. The van der Waals surface area contributed by atoms with Crippen LogP contribution in [-0.2, 0) is 0 Å². The van der Waals surface area contributed by atoms with E-state index < -0.39 is 5.82 Å². The molecule has 0 N–H and O–H groups in total. The van der Waals surface area contributed by atoms with E-state index in [1.807, 2.05) is 0 Å². The molecule has 1 rings (SSSR count). The molecule has 0 saturated heterocycles. The fourth-order valence-electron chi connectivity index (χ4n) is 0.609. The summed E-state index contributed by atoms with van der Waals surface area (Å²) in [5, 5.41) is 0. The lowest BCUT2D eigenvalue weighted by Crippen LogP contribution is -1.81. The summed E-state index contributed by atoms with van der Waals surface area (Å²) in [4.78, 5) is 6.44. The van der Waals surface area contributed by atoms with Crippen LogP contribution >= 0.6 is 0 Å². The number of pyridine rings is 1. The molecule has 0 amide bonds. The van der Waals surface area contributed by atoms with Gasteiger partial charge in [-0.25, -0.2) is 4.39 Å². The van der Waals surface area contributed by atoms with E-state index in [2.05, 4.69) is 9.83 Å². The zero-order valence-corrected chi connectivity index (χ0v) is 5.43. The first-order chi connectivity index (χ1) is 4.74. The average molecular weight is 136 g/mol. The monoisotopic (exact) mass is 136 g/mol. The molecule has 10 heavy (non-hydrogen) atoms. The van der Waals surface area contributed by atoms with Gasteiger partial charge in [-0.15, -0.1) is 4.98 Å². The number of aryl methyl sites for hydroxylation is 1. The number of rotatable bonds is 0. The van der Waals surface area contributed by atoms with Crippen molar-refractivity contribution in [3.05, 3.63) is 35.1 Å². The summed E-state index contributed by atoms with van der Waals surface area (Å²) in [7, 11) is 0. The molecule has 0 radical (unpaired) electrons. The first-order valence-electron chi connectivity index (χ1n) is 2.73. The Bertz CT molecular complexity index is 288. The van der Waals surface area contributed by atoms with E-state index in [0.29, 0.717) is 0 Å². The Morgan fingerprint density at radius 1 is 1.70 bits per heavy atom. The number of hydrogen-bond acceptors (Lipinski definition) is 1. The van der Waals surface area contributed by atoms with Crippen molar-refractivity contribution in [2.45, 2.75) is 6.92 Å². The summed E-state index contributed by atoms with van der Waals surface area (Å²) in [5.41, 5.74) is 0.727. The number of nitrogens with zero attached hydrogens (tertiary/aromatic N) is 2. The third kappa shape index (κ3) is 1.11. The molecule has 2 nitrogen and oxygen atoms in total. The summed E-state index contributed by atoms with van der Waals surface area (Å²) < 4.78 is 12.6. The number of halogens is 1. The van der Waals surface area contributed by atoms with Crippen molar-refractivity contribution in [3.63, 3.8) is 0 Å². The molecule has 3 heteroatoms.